The number of hydrogen-bond acceptors (Lipinski definition) is 3. The van der Waals surface area contributed by atoms with Crippen molar-refractivity contribution in [1.29, 1.82) is 0 Å². The highest BCUT2D eigenvalue weighted by Crippen LogP contribution is 2.25. The average molecular weight is 237 g/mol. The lowest BCUT2D eigenvalue weighted by Gasteiger charge is -2.36. The molecule has 1 aliphatic heterocycles. The SMILES string of the molecule is CCCC(C)(CO)CN1CCn2ccnc2C1. The maximum atomic E-state index is 9.55. The molecule has 0 aromatic carbocycles. The Hall–Kier alpha value is -0.870. The van der Waals surface area contributed by atoms with Crippen LogP contribution in [0.3, 0.4) is 0 Å². The third-order valence-corrected chi connectivity index (χ3v) is 3.66. The van der Waals surface area contributed by atoms with Crippen molar-refractivity contribution in [2.75, 3.05) is 19.7 Å². The minimum Gasteiger partial charge on any atom is -0.396 e. The van der Waals surface area contributed by atoms with Crippen LogP contribution in [0.2, 0.25) is 0 Å². The molecule has 0 bridgehead atoms. The molecule has 0 amide bonds. The molecule has 1 aromatic rings. The van der Waals surface area contributed by atoms with Gasteiger partial charge in [0.1, 0.15) is 5.82 Å². The summed E-state index contributed by atoms with van der Waals surface area (Å²) in [5.74, 6) is 1.15. The lowest BCUT2D eigenvalue weighted by Crippen LogP contribution is -2.42. The Bertz CT molecular complexity index is 363. The van der Waals surface area contributed by atoms with Gasteiger partial charge in [-0.1, -0.05) is 20.3 Å². The van der Waals surface area contributed by atoms with Crippen LogP contribution >= 0.6 is 0 Å². The molecule has 17 heavy (non-hydrogen) atoms. The van der Waals surface area contributed by atoms with Crippen LogP contribution in [-0.2, 0) is 13.1 Å². The van der Waals surface area contributed by atoms with E-state index in [1.165, 1.54) is 0 Å². The van der Waals surface area contributed by atoms with Crippen LogP contribution in [0.1, 0.15) is 32.5 Å². The lowest BCUT2D eigenvalue weighted by atomic mass is 9.86. The largest absolute Gasteiger partial charge is 0.396 e. The fourth-order valence-corrected chi connectivity index (χ4v) is 2.71. The van der Waals surface area contributed by atoms with Crippen molar-refractivity contribution >= 4 is 0 Å². The van der Waals surface area contributed by atoms with Crippen LogP contribution in [0.15, 0.2) is 12.4 Å². The summed E-state index contributed by atoms with van der Waals surface area (Å²) in [7, 11) is 0. The molecule has 1 unspecified atom stereocenters. The topological polar surface area (TPSA) is 41.3 Å². The molecule has 1 aromatic heterocycles. The quantitative estimate of drug-likeness (QED) is 0.843. The number of nitrogens with zero attached hydrogens (tertiary/aromatic N) is 3. The third-order valence-electron chi connectivity index (χ3n) is 3.66. The second-order valence-corrected chi connectivity index (χ2v) is 5.47. The molecule has 0 spiro atoms. The highest BCUT2D eigenvalue weighted by Gasteiger charge is 2.27. The molecule has 4 heteroatoms. The van der Waals surface area contributed by atoms with Gasteiger partial charge in [0.05, 0.1) is 6.54 Å². The predicted octanol–water partition coefficient (Wildman–Crippen LogP) is 1.50. The van der Waals surface area contributed by atoms with E-state index in [2.05, 4.69) is 28.3 Å². The smallest absolute Gasteiger partial charge is 0.122 e. The number of rotatable bonds is 5. The molecule has 2 rings (SSSR count). The molecule has 0 fully saturated rings. The van der Waals surface area contributed by atoms with Gasteiger partial charge in [0.25, 0.3) is 0 Å². The molecule has 96 valence electrons. The van der Waals surface area contributed by atoms with Crippen molar-refractivity contribution in [3.05, 3.63) is 18.2 Å². The molecular weight excluding hydrogens is 214 g/mol. The van der Waals surface area contributed by atoms with Crippen LogP contribution in [0.4, 0.5) is 0 Å². The van der Waals surface area contributed by atoms with E-state index in [1.54, 1.807) is 0 Å². The molecule has 1 aliphatic rings. The van der Waals surface area contributed by atoms with Gasteiger partial charge in [-0.15, -0.1) is 0 Å². The van der Waals surface area contributed by atoms with Crippen molar-refractivity contribution < 1.29 is 5.11 Å². The van der Waals surface area contributed by atoms with E-state index in [0.717, 1.165) is 44.8 Å². The van der Waals surface area contributed by atoms with Gasteiger partial charge >= 0.3 is 0 Å². The Labute approximate surface area is 103 Å². The zero-order chi connectivity index (χ0) is 12.3. The lowest BCUT2D eigenvalue weighted by molar-refractivity contribution is 0.0668. The second kappa shape index (κ2) is 5.19. The van der Waals surface area contributed by atoms with E-state index in [-0.39, 0.29) is 12.0 Å². The second-order valence-electron chi connectivity index (χ2n) is 5.47. The summed E-state index contributed by atoms with van der Waals surface area (Å²) in [5.41, 5.74) is 0.0313. The van der Waals surface area contributed by atoms with Gasteiger partial charge in [0.15, 0.2) is 0 Å². The number of aromatic nitrogens is 2. The van der Waals surface area contributed by atoms with E-state index in [9.17, 15) is 5.11 Å². The van der Waals surface area contributed by atoms with Gasteiger partial charge < -0.3 is 9.67 Å². The highest BCUT2D eigenvalue weighted by atomic mass is 16.3. The van der Waals surface area contributed by atoms with E-state index in [0.29, 0.717) is 0 Å². The van der Waals surface area contributed by atoms with E-state index in [4.69, 9.17) is 0 Å². The number of hydrogen-bond donors (Lipinski definition) is 1. The first-order chi connectivity index (χ1) is 8.17. The first-order valence-electron chi connectivity index (χ1n) is 6.50. The van der Waals surface area contributed by atoms with Crippen LogP contribution < -0.4 is 0 Å². The number of aliphatic hydroxyl groups is 1. The first kappa shape index (κ1) is 12.6. The van der Waals surface area contributed by atoms with Crippen molar-refractivity contribution in [2.24, 2.45) is 5.41 Å². The summed E-state index contributed by atoms with van der Waals surface area (Å²) in [6.07, 6.45) is 6.12. The van der Waals surface area contributed by atoms with Crippen LogP contribution in [0.25, 0.3) is 0 Å². The van der Waals surface area contributed by atoms with Crippen molar-refractivity contribution in [1.82, 2.24) is 14.5 Å². The highest BCUT2D eigenvalue weighted by molar-refractivity contribution is 4.96. The zero-order valence-corrected chi connectivity index (χ0v) is 10.9. The molecule has 2 heterocycles. The van der Waals surface area contributed by atoms with E-state index < -0.39 is 0 Å². The Morgan fingerprint density at radius 1 is 1.47 bits per heavy atom. The Kier molecular flexibility index (Phi) is 3.84. The molecule has 0 aliphatic carbocycles. The summed E-state index contributed by atoms with van der Waals surface area (Å²) in [6.45, 7) is 8.57. The minimum absolute atomic E-state index is 0.0313. The maximum absolute atomic E-state index is 9.55. The van der Waals surface area contributed by atoms with Crippen molar-refractivity contribution in [3.63, 3.8) is 0 Å². The molecular formula is C13H23N3O. The standard InChI is InChI=1S/C13H23N3O/c1-3-4-13(2,11-17)10-15-7-8-16-6-5-14-12(16)9-15/h5-6,17H,3-4,7-11H2,1-2H3. The van der Waals surface area contributed by atoms with Crippen LogP contribution in [-0.4, -0.2) is 39.3 Å². The van der Waals surface area contributed by atoms with E-state index >= 15 is 0 Å². The third kappa shape index (κ3) is 2.87. The first-order valence-corrected chi connectivity index (χ1v) is 6.50. The van der Waals surface area contributed by atoms with Crippen LogP contribution in [0, 0.1) is 5.41 Å². The molecule has 0 saturated carbocycles. The van der Waals surface area contributed by atoms with Crippen LogP contribution in [0.5, 0.6) is 0 Å². The van der Waals surface area contributed by atoms with Crippen molar-refractivity contribution in [2.45, 2.75) is 39.8 Å². The fourth-order valence-electron chi connectivity index (χ4n) is 2.71. The Morgan fingerprint density at radius 2 is 2.29 bits per heavy atom. The maximum Gasteiger partial charge on any atom is 0.122 e. The summed E-state index contributed by atoms with van der Waals surface area (Å²) in [6, 6.07) is 0. The van der Waals surface area contributed by atoms with Gasteiger partial charge in [-0.25, -0.2) is 4.98 Å². The van der Waals surface area contributed by atoms with Gasteiger partial charge in [-0.3, -0.25) is 4.90 Å². The molecule has 1 N–H and O–H groups in total. The van der Waals surface area contributed by atoms with Gasteiger partial charge in [-0.05, 0) is 6.42 Å². The summed E-state index contributed by atoms with van der Waals surface area (Å²) < 4.78 is 2.21. The number of aliphatic hydroxyl groups excluding tert-OH is 1. The summed E-state index contributed by atoms with van der Waals surface area (Å²) in [4.78, 5) is 6.78. The Balaban J connectivity index is 1.97. The normalized spacial score (nSPS) is 19.9. The molecule has 0 saturated heterocycles. The van der Waals surface area contributed by atoms with Gasteiger partial charge in [-0.2, -0.15) is 0 Å². The predicted molar refractivity (Wildman–Crippen MR) is 67.6 cm³/mol. The van der Waals surface area contributed by atoms with E-state index in [1.807, 2.05) is 12.4 Å². The molecule has 1 atom stereocenters. The monoisotopic (exact) mass is 237 g/mol. The summed E-state index contributed by atoms with van der Waals surface area (Å²) in [5, 5.41) is 9.55. The minimum atomic E-state index is 0.0313. The van der Waals surface area contributed by atoms with Gasteiger partial charge in [0, 0.05) is 44.0 Å². The molecule has 0 radical (unpaired) electrons. The number of imidazole rings is 1. The van der Waals surface area contributed by atoms with Gasteiger partial charge in [0.2, 0.25) is 0 Å². The average Bonchev–Trinajstić information content (AvgIpc) is 2.76. The Morgan fingerprint density at radius 3 is 3.00 bits per heavy atom. The zero-order valence-electron chi connectivity index (χ0n) is 10.9. The number of fused-ring (bicyclic) bond motifs is 1. The summed E-state index contributed by atoms with van der Waals surface area (Å²) >= 11 is 0. The van der Waals surface area contributed by atoms with Crippen molar-refractivity contribution in [3.8, 4) is 0 Å². The fraction of sp³-hybridized carbons (Fsp3) is 0.769. The molecule has 4 nitrogen and oxygen atoms in total.